The van der Waals surface area contributed by atoms with Crippen LogP contribution in [0.1, 0.15) is 6.42 Å². The molecule has 1 saturated heterocycles. The summed E-state index contributed by atoms with van der Waals surface area (Å²) < 4.78 is 5.15. The molecule has 0 aromatic rings. The first-order valence-electron chi connectivity index (χ1n) is 3.64. The topological polar surface area (TPSA) is 49.7 Å². The van der Waals surface area contributed by atoms with E-state index in [4.69, 9.17) is 9.84 Å². The normalized spacial score (nSPS) is 41.6. The van der Waals surface area contributed by atoms with E-state index in [2.05, 4.69) is 0 Å². The second-order valence-corrected chi connectivity index (χ2v) is 2.96. The number of hydrogen-bond acceptors (Lipinski definition) is 3. The first-order chi connectivity index (χ1) is 4.74. The number of aliphatic hydroxyl groups excluding tert-OH is 2. The lowest BCUT2D eigenvalue weighted by Gasteiger charge is -2.30. The fourth-order valence-electron chi connectivity index (χ4n) is 1.21. The highest BCUT2D eigenvalue weighted by Gasteiger charge is 2.26. The summed E-state index contributed by atoms with van der Waals surface area (Å²) in [6.45, 7) is 0.580. The Morgan fingerprint density at radius 2 is 2.30 bits per heavy atom. The molecule has 2 N–H and O–H groups in total. The van der Waals surface area contributed by atoms with Gasteiger partial charge in [0.05, 0.1) is 12.7 Å². The highest BCUT2D eigenvalue weighted by atomic mass is 16.5. The molecule has 1 aliphatic rings. The van der Waals surface area contributed by atoms with Gasteiger partial charge in [-0.25, -0.2) is 0 Å². The van der Waals surface area contributed by atoms with E-state index in [-0.39, 0.29) is 12.7 Å². The van der Waals surface area contributed by atoms with Crippen LogP contribution in [-0.4, -0.2) is 43.5 Å². The van der Waals surface area contributed by atoms with Gasteiger partial charge in [0.2, 0.25) is 0 Å². The van der Waals surface area contributed by atoms with Crippen LogP contribution in [0.5, 0.6) is 0 Å². The van der Waals surface area contributed by atoms with Crippen LogP contribution in [0, 0.1) is 0 Å². The van der Waals surface area contributed by atoms with Gasteiger partial charge in [-0.2, -0.15) is 0 Å². The van der Waals surface area contributed by atoms with E-state index in [1.807, 2.05) is 7.85 Å². The zero-order valence-electron chi connectivity index (χ0n) is 6.16. The molecule has 0 amide bonds. The third kappa shape index (κ3) is 1.72. The number of aliphatic hydroxyl groups is 2. The molecule has 0 aromatic carbocycles. The Kier molecular flexibility index (Phi) is 2.71. The Balaban J connectivity index is 2.36. The molecular formula is C6H13BO3. The number of rotatable bonds is 1. The van der Waals surface area contributed by atoms with Gasteiger partial charge in [-0.1, -0.05) is 0 Å². The van der Waals surface area contributed by atoms with Crippen LogP contribution in [-0.2, 0) is 4.74 Å². The van der Waals surface area contributed by atoms with E-state index in [9.17, 15) is 5.11 Å². The van der Waals surface area contributed by atoms with Crippen LogP contribution in [0.2, 0.25) is 5.82 Å². The van der Waals surface area contributed by atoms with Crippen molar-refractivity contribution < 1.29 is 14.9 Å². The molecule has 0 bridgehead atoms. The van der Waals surface area contributed by atoms with E-state index >= 15 is 0 Å². The van der Waals surface area contributed by atoms with Crippen molar-refractivity contribution in [2.75, 3.05) is 13.2 Å². The predicted molar refractivity (Wildman–Crippen MR) is 39.7 cm³/mol. The summed E-state index contributed by atoms with van der Waals surface area (Å²) in [4.78, 5) is 0. The highest BCUT2D eigenvalue weighted by molar-refractivity contribution is 6.11. The van der Waals surface area contributed by atoms with Gasteiger partial charge >= 0.3 is 0 Å². The fraction of sp³-hybridized carbons (Fsp3) is 1.00. The fourth-order valence-corrected chi connectivity index (χ4v) is 1.21. The van der Waals surface area contributed by atoms with Gasteiger partial charge in [-0.05, 0) is 12.2 Å². The minimum Gasteiger partial charge on any atom is -0.394 e. The summed E-state index contributed by atoms with van der Waals surface area (Å²) in [5.74, 6) is 0.415. The van der Waals surface area contributed by atoms with Crippen LogP contribution < -0.4 is 0 Å². The molecule has 3 nitrogen and oxygen atoms in total. The second-order valence-electron chi connectivity index (χ2n) is 2.96. The maximum absolute atomic E-state index is 9.25. The van der Waals surface area contributed by atoms with Gasteiger partial charge < -0.3 is 14.9 Å². The molecule has 0 saturated carbocycles. The molecule has 1 fully saturated rings. The Hall–Kier alpha value is -0.0551. The Morgan fingerprint density at radius 1 is 1.60 bits per heavy atom. The number of ether oxygens (including phenoxy) is 1. The van der Waals surface area contributed by atoms with Crippen molar-refractivity contribution in [1.29, 1.82) is 0 Å². The van der Waals surface area contributed by atoms with Crippen LogP contribution >= 0.6 is 0 Å². The minimum absolute atomic E-state index is 0.0755. The Labute approximate surface area is 61.4 Å². The summed E-state index contributed by atoms with van der Waals surface area (Å²) in [5, 5.41) is 17.9. The van der Waals surface area contributed by atoms with E-state index in [1.165, 1.54) is 0 Å². The first kappa shape index (κ1) is 8.05. The molecule has 3 atom stereocenters. The average Bonchev–Trinajstić information content (AvgIpc) is 1.88. The second kappa shape index (κ2) is 3.37. The lowest BCUT2D eigenvalue weighted by molar-refractivity contribution is -0.0936. The molecule has 0 radical (unpaired) electrons. The molecule has 1 aliphatic heterocycles. The molecule has 10 heavy (non-hydrogen) atoms. The van der Waals surface area contributed by atoms with Crippen molar-refractivity contribution in [3.63, 3.8) is 0 Å². The summed E-state index contributed by atoms with van der Waals surface area (Å²) >= 11 is 0. The van der Waals surface area contributed by atoms with Gasteiger partial charge in [0.25, 0.3) is 0 Å². The lowest BCUT2D eigenvalue weighted by atomic mass is 9.81. The predicted octanol–water partition coefficient (Wildman–Crippen LogP) is -1.45. The van der Waals surface area contributed by atoms with Crippen LogP contribution in [0.15, 0.2) is 0 Å². The Morgan fingerprint density at radius 3 is 2.80 bits per heavy atom. The standard InChI is InChI=1S/C6H13BO3/c7-4-1-5(9)6(2-8)10-3-4/h4-6,8-9H,1-3,7H2/t4-,5?,6?/m1/s1. The van der Waals surface area contributed by atoms with Gasteiger partial charge in [-0.15, -0.1) is 0 Å². The van der Waals surface area contributed by atoms with E-state index in [0.717, 1.165) is 6.42 Å². The van der Waals surface area contributed by atoms with Gasteiger partial charge in [0.15, 0.2) is 0 Å². The van der Waals surface area contributed by atoms with Crippen molar-refractivity contribution in [1.82, 2.24) is 0 Å². The van der Waals surface area contributed by atoms with Crippen molar-refractivity contribution in [2.45, 2.75) is 24.4 Å². The molecule has 0 aliphatic carbocycles. The summed E-state index contributed by atoms with van der Waals surface area (Å²) in [6.07, 6.45) is -0.0875. The molecule has 2 unspecified atom stereocenters. The molecular weight excluding hydrogens is 131 g/mol. The highest BCUT2D eigenvalue weighted by Crippen LogP contribution is 2.20. The molecule has 0 spiro atoms. The zero-order chi connectivity index (χ0) is 7.56. The SMILES string of the molecule is B[C@H]1COC(CO)C(O)C1. The van der Waals surface area contributed by atoms with E-state index < -0.39 is 6.10 Å². The molecule has 1 rings (SSSR count). The molecule has 58 valence electrons. The molecule has 1 heterocycles. The first-order valence-corrected chi connectivity index (χ1v) is 3.64. The summed E-state index contributed by atoms with van der Waals surface area (Å²) in [5.41, 5.74) is 0. The molecule has 4 heteroatoms. The van der Waals surface area contributed by atoms with E-state index in [0.29, 0.717) is 12.4 Å². The average molecular weight is 144 g/mol. The van der Waals surface area contributed by atoms with Gasteiger partial charge in [0.1, 0.15) is 14.0 Å². The lowest BCUT2D eigenvalue weighted by Crippen LogP contribution is -2.39. The van der Waals surface area contributed by atoms with Crippen LogP contribution in [0.25, 0.3) is 0 Å². The summed E-state index contributed by atoms with van der Waals surface area (Å²) in [6, 6.07) is 0. The smallest absolute Gasteiger partial charge is 0.108 e. The van der Waals surface area contributed by atoms with Crippen molar-refractivity contribution >= 4 is 7.85 Å². The molecule has 0 aromatic heterocycles. The minimum atomic E-state index is -0.478. The van der Waals surface area contributed by atoms with E-state index in [1.54, 1.807) is 0 Å². The largest absolute Gasteiger partial charge is 0.394 e. The van der Waals surface area contributed by atoms with Gasteiger partial charge in [0, 0.05) is 6.61 Å². The van der Waals surface area contributed by atoms with Crippen molar-refractivity contribution in [3.8, 4) is 0 Å². The Bertz CT molecular complexity index is 109. The van der Waals surface area contributed by atoms with Crippen LogP contribution in [0.3, 0.4) is 0 Å². The van der Waals surface area contributed by atoms with Crippen molar-refractivity contribution in [3.05, 3.63) is 0 Å². The third-order valence-corrected chi connectivity index (χ3v) is 1.85. The third-order valence-electron chi connectivity index (χ3n) is 1.85. The van der Waals surface area contributed by atoms with Gasteiger partial charge in [-0.3, -0.25) is 0 Å². The summed E-state index contributed by atoms with van der Waals surface area (Å²) in [7, 11) is 2.02. The monoisotopic (exact) mass is 144 g/mol. The number of hydrogen-bond donors (Lipinski definition) is 2. The quantitative estimate of drug-likeness (QED) is 0.442. The van der Waals surface area contributed by atoms with Crippen molar-refractivity contribution in [2.24, 2.45) is 0 Å². The maximum Gasteiger partial charge on any atom is 0.108 e. The van der Waals surface area contributed by atoms with Crippen LogP contribution in [0.4, 0.5) is 0 Å². The maximum atomic E-state index is 9.25. The zero-order valence-corrected chi connectivity index (χ0v) is 6.16.